The monoisotopic (exact) mass is 356 g/mol. The predicted molar refractivity (Wildman–Crippen MR) is 96.2 cm³/mol. The van der Waals surface area contributed by atoms with Gasteiger partial charge in [-0.15, -0.1) is 0 Å². The Bertz CT molecular complexity index is 988. The smallest absolute Gasteiger partial charge is 0.342 e. The SMILES string of the molecule is COc1cccc(-c2c3c(n(N)c(=O)c2C(=O)O)CC(C)(C)CC3=O)c1. The van der Waals surface area contributed by atoms with E-state index in [1.54, 1.807) is 24.3 Å². The molecule has 0 radical (unpaired) electrons. The van der Waals surface area contributed by atoms with Crippen LogP contribution in [0, 0.1) is 5.41 Å². The van der Waals surface area contributed by atoms with Gasteiger partial charge in [0.15, 0.2) is 5.78 Å². The number of carbonyl (C=O) groups is 2. The van der Waals surface area contributed by atoms with Crippen molar-refractivity contribution in [3.63, 3.8) is 0 Å². The van der Waals surface area contributed by atoms with E-state index in [2.05, 4.69) is 0 Å². The van der Waals surface area contributed by atoms with Gasteiger partial charge in [-0.1, -0.05) is 26.0 Å². The minimum Gasteiger partial charge on any atom is -0.497 e. The van der Waals surface area contributed by atoms with E-state index in [9.17, 15) is 19.5 Å². The number of Topliss-reactive ketones (excluding diaryl/α,β-unsaturated/α-hetero) is 1. The van der Waals surface area contributed by atoms with Crippen LogP contribution < -0.4 is 16.1 Å². The average Bonchev–Trinajstić information content (AvgIpc) is 2.56. The minimum absolute atomic E-state index is 0.110. The highest BCUT2D eigenvalue weighted by atomic mass is 16.5. The molecular weight excluding hydrogens is 336 g/mol. The fourth-order valence-electron chi connectivity index (χ4n) is 3.52. The highest BCUT2D eigenvalue weighted by Crippen LogP contribution is 2.39. The molecule has 0 saturated heterocycles. The number of ketones is 1. The lowest BCUT2D eigenvalue weighted by molar-refractivity contribution is 0.0695. The summed E-state index contributed by atoms with van der Waals surface area (Å²) in [4.78, 5) is 37.4. The van der Waals surface area contributed by atoms with Crippen LogP contribution in [0.15, 0.2) is 29.1 Å². The van der Waals surface area contributed by atoms with Crippen LogP contribution in [0.2, 0.25) is 0 Å². The van der Waals surface area contributed by atoms with E-state index < -0.39 is 17.1 Å². The number of hydrogen-bond donors (Lipinski definition) is 2. The number of benzene rings is 1. The third-order valence-corrected chi connectivity index (χ3v) is 4.65. The van der Waals surface area contributed by atoms with Gasteiger partial charge in [-0.05, 0) is 29.5 Å². The molecule has 1 aliphatic rings. The largest absolute Gasteiger partial charge is 0.497 e. The number of rotatable bonds is 3. The van der Waals surface area contributed by atoms with Gasteiger partial charge in [-0.3, -0.25) is 9.59 Å². The molecule has 0 atom stereocenters. The molecule has 1 aromatic heterocycles. The number of carbonyl (C=O) groups excluding carboxylic acids is 1. The van der Waals surface area contributed by atoms with E-state index in [0.717, 1.165) is 4.68 Å². The number of ether oxygens (including phenoxy) is 1. The van der Waals surface area contributed by atoms with E-state index >= 15 is 0 Å². The van der Waals surface area contributed by atoms with Gasteiger partial charge in [-0.2, -0.15) is 0 Å². The number of carboxylic acids is 1. The number of aromatic nitrogens is 1. The number of methoxy groups -OCH3 is 1. The Hall–Kier alpha value is -3.09. The van der Waals surface area contributed by atoms with Crippen LogP contribution >= 0.6 is 0 Å². The van der Waals surface area contributed by atoms with Gasteiger partial charge >= 0.3 is 5.97 Å². The molecule has 1 aliphatic carbocycles. The lowest BCUT2D eigenvalue weighted by Crippen LogP contribution is -2.41. The molecule has 0 fully saturated rings. The summed E-state index contributed by atoms with van der Waals surface area (Å²) in [6.45, 7) is 3.82. The summed E-state index contributed by atoms with van der Waals surface area (Å²) in [6, 6.07) is 6.64. The maximum Gasteiger partial charge on any atom is 0.342 e. The maximum absolute atomic E-state index is 12.9. The first-order valence-electron chi connectivity index (χ1n) is 8.14. The topological polar surface area (TPSA) is 112 Å². The van der Waals surface area contributed by atoms with Crippen molar-refractivity contribution >= 4 is 11.8 Å². The van der Waals surface area contributed by atoms with Gasteiger partial charge in [0.1, 0.15) is 11.3 Å². The Morgan fingerprint density at radius 3 is 2.54 bits per heavy atom. The average molecular weight is 356 g/mol. The molecular formula is C19H20N2O5. The number of aromatic carboxylic acids is 1. The van der Waals surface area contributed by atoms with Crippen LogP contribution in [-0.4, -0.2) is 28.6 Å². The molecule has 0 amide bonds. The Labute approximate surface area is 150 Å². The van der Waals surface area contributed by atoms with Crippen molar-refractivity contribution in [3.8, 4) is 16.9 Å². The number of hydrogen-bond acceptors (Lipinski definition) is 5. The molecule has 3 rings (SSSR count). The zero-order chi connectivity index (χ0) is 19.2. The molecule has 1 aromatic carbocycles. The van der Waals surface area contributed by atoms with E-state index in [-0.39, 0.29) is 28.7 Å². The van der Waals surface area contributed by atoms with Gasteiger partial charge in [0, 0.05) is 17.5 Å². The van der Waals surface area contributed by atoms with Crippen LogP contribution in [0.4, 0.5) is 0 Å². The summed E-state index contributed by atoms with van der Waals surface area (Å²) in [5, 5.41) is 9.64. The van der Waals surface area contributed by atoms with Gasteiger partial charge in [0.2, 0.25) is 0 Å². The van der Waals surface area contributed by atoms with E-state index in [4.69, 9.17) is 10.6 Å². The van der Waals surface area contributed by atoms with Crippen LogP contribution in [0.1, 0.15) is 46.7 Å². The van der Waals surface area contributed by atoms with Crippen molar-refractivity contribution in [2.75, 3.05) is 13.0 Å². The van der Waals surface area contributed by atoms with Crippen molar-refractivity contribution in [2.24, 2.45) is 5.41 Å². The minimum atomic E-state index is -1.42. The standard InChI is InChI=1S/C19H20N2O5/c1-19(2)8-12-15(13(22)9-19)14(10-5-4-6-11(7-10)26-3)16(18(24)25)17(23)21(12)20/h4-7H,8-9,20H2,1-3H3,(H,24,25). The molecule has 0 spiro atoms. The van der Waals surface area contributed by atoms with Gasteiger partial charge in [-0.25, -0.2) is 9.47 Å². The number of nitrogens with two attached hydrogens (primary N) is 1. The number of pyridine rings is 1. The second-order valence-corrected chi connectivity index (χ2v) is 7.22. The fraction of sp³-hybridized carbons (Fsp3) is 0.316. The zero-order valence-corrected chi connectivity index (χ0v) is 14.8. The van der Waals surface area contributed by atoms with Crippen molar-refractivity contribution in [3.05, 3.63) is 51.4 Å². The second kappa shape index (κ2) is 6.01. The molecule has 0 saturated carbocycles. The van der Waals surface area contributed by atoms with Gasteiger partial charge in [0.25, 0.3) is 5.56 Å². The number of fused-ring (bicyclic) bond motifs is 1. The summed E-state index contributed by atoms with van der Waals surface area (Å²) < 4.78 is 6.00. The Morgan fingerprint density at radius 2 is 1.92 bits per heavy atom. The van der Waals surface area contributed by atoms with Crippen LogP contribution in [0.3, 0.4) is 0 Å². The van der Waals surface area contributed by atoms with E-state index in [0.29, 0.717) is 23.4 Å². The molecule has 7 heteroatoms. The summed E-state index contributed by atoms with van der Waals surface area (Å²) in [5.41, 5.74) is -0.598. The molecule has 26 heavy (non-hydrogen) atoms. The highest BCUT2D eigenvalue weighted by Gasteiger charge is 2.38. The molecule has 0 unspecified atom stereocenters. The van der Waals surface area contributed by atoms with Crippen molar-refractivity contribution < 1.29 is 19.4 Å². The van der Waals surface area contributed by atoms with Gasteiger partial charge in [0.05, 0.1) is 12.8 Å². The molecule has 7 nitrogen and oxygen atoms in total. The predicted octanol–water partition coefficient (Wildman–Crippen LogP) is 2.09. The quantitative estimate of drug-likeness (QED) is 0.815. The molecule has 0 aliphatic heterocycles. The molecule has 136 valence electrons. The first-order chi connectivity index (χ1) is 12.2. The van der Waals surface area contributed by atoms with Crippen molar-refractivity contribution in [2.45, 2.75) is 26.7 Å². The van der Waals surface area contributed by atoms with Crippen LogP contribution in [-0.2, 0) is 6.42 Å². The third-order valence-electron chi connectivity index (χ3n) is 4.65. The molecule has 2 aromatic rings. The summed E-state index contributed by atoms with van der Waals surface area (Å²) in [6.07, 6.45) is 0.644. The molecule has 0 bridgehead atoms. The normalized spacial score (nSPS) is 15.4. The first-order valence-corrected chi connectivity index (χ1v) is 8.14. The van der Waals surface area contributed by atoms with E-state index in [1.807, 2.05) is 13.8 Å². The van der Waals surface area contributed by atoms with E-state index in [1.165, 1.54) is 7.11 Å². The second-order valence-electron chi connectivity index (χ2n) is 7.22. The number of carboxylic acid groups (broad SMARTS) is 1. The molecule has 3 N–H and O–H groups in total. The number of nitrogen functional groups attached to an aromatic ring is 1. The molecule has 1 heterocycles. The summed E-state index contributed by atoms with van der Waals surface area (Å²) in [5.74, 6) is 4.74. The highest BCUT2D eigenvalue weighted by molar-refractivity contribution is 6.09. The first kappa shape index (κ1) is 17.7. The lowest BCUT2D eigenvalue weighted by atomic mass is 9.73. The Kier molecular flexibility index (Phi) is 4.10. The van der Waals surface area contributed by atoms with Crippen molar-refractivity contribution in [1.82, 2.24) is 4.68 Å². The maximum atomic E-state index is 12.9. The Morgan fingerprint density at radius 1 is 1.23 bits per heavy atom. The van der Waals surface area contributed by atoms with Crippen LogP contribution in [0.25, 0.3) is 11.1 Å². The van der Waals surface area contributed by atoms with Gasteiger partial charge < -0.3 is 15.7 Å². The van der Waals surface area contributed by atoms with Crippen molar-refractivity contribution in [1.29, 1.82) is 0 Å². The summed E-state index contributed by atoms with van der Waals surface area (Å²) >= 11 is 0. The van der Waals surface area contributed by atoms with Crippen LogP contribution in [0.5, 0.6) is 5.75 Å². The zero-order valence-electron chi connectivity index (χ0n) is 14.8. The third kappa shape index (κ3) is 2.75. The Balaban J connectivity index is 2.46. The number of nitrogens with zero attached hydrogens (tertiary/aromatic N) is 1. The summed E-state index contributed by atoms with van der Waals surface area (Å²) in [7, 11) is 1.48. The lowest BCUT2D eigenvalue weighted by Gasteiger charge is -2.32. The fourth-order valence-corrected chi connectivity index (χ4v) is 3.52.